The molecule has 0 spiro atoms. The van der Waals surface area contributed by atoms with Crippen LogP contribution in [-0.2, 0) is 0 Å². The summed E-state index contributed by atoms with van der Waals surface area (Å²) in [7, 11) is 1.58. The van der Waals surface area contributed by atoms with Crippen molar-refractivity contribution in [2.24, 2.45) is 0 Å². The van der Waals surface area contributed by atoms with Gasteiger partial charge in [-0.25, -0.2) is 4.98 Å². The highest BCUT2D eigenvalue weighted by Crippen LogP contribution is 2.31. The molecule has 0 aliphatic carbocycles. The Labute approximate surface area is 84.3 Å². The van der Waals surface area contributed by atoms with Crippen LogP contribution in [0.25, 0.3) is 10.2 Å². The summed E-state index contributed by atoms with van der Waals surface area (Å²) in [6.45, 7) is 2.01. The highest BCUT2D eigenvalue weighted by molar-refractivity contribution is 7.19. The van der Waals surface area contributed by atoms with Gasteiger partial charge in [-0.3, -0.25) is 0 Å². The van der Waals surface area contributed by atoms with E-state index in [0.29, 0.717) is 5.88 Å². The Kier molecular flexibility index (Phi) is 2.09. The molecule has 0 aromatic carbocycles. The number of hydrogen-bond donors (Lipinski definition) is 0. The molecule has 2 aromatic heterocycles. The van der Waals surface area contributed by atoms with E-state index in [2.05, 4.69) is 9.97 Å². The largest absolute Gasteiger partial charge is 0.480 e. The monoisotopic (exact) mass is 214 g/mol. The van der Waals surface area contributed by atoms with Gasteiger partial charge >= 0.3 is 0 Å². The van der Waals surface area contributed by atoms with Gasteiger partial charge in [0.2, 0.25) is 11.2 Å². The average Bonchev–Trinajstić information content (AvgIpc) is 2.43. The number of methoxy groups -OCH3 is 1. The summed E-state index contributed by atoms with van der Waals surface area (Å²) in [5.41, 5.74) is 0.847. The van der Waals surface area contributed by atoms with Crippen molar-refractivity contribution in [1.82, 2.24) is 9.97 Å². The van der Waals surface area contributed by atoms with Crippen LogP contribution < -0.4 is 4.74 Å². The Morgan fingerprint density at radius 3 is 2.92 bits per heavy atom. The topological polar surface area (TPSA) is 35.0 Å². The third kappa shape index (κ3) is 1.47. The number of rotatable bonds is 1. The smallest absolute Gasteiger partial charge is 0.235 e. The number of halogens is 1. The van der Waals surface area contributed by atoms with Gasteiger partial charge in [-0.05, 0) is 24.6 Å². The van der Waals surface area contributed by atoms with Gasteiger partial charge in [-0.1, -0.05) is 0 Å². The fourth-order valence-electron chi connectivity index (χ4n) is 1.13. The maximum Gasteiger partial charge on any atom is 0.235 e. The Bertz CT molecular complexity index is 455. The predicted octanol–water partition coefficient (Wildman–Crippen LogP) is 2.66. The lowest BCUT2D eigenvalue weighted by molar-refractivity contribution is 0.403. The van der Waals surface area contributed by atoms with Crippen molar-refractivity contribution in [3.63, 3.8) is 0 Å². The summed E-state index contributed by atoms with van der Waals surface area (Å²) in [6, 6.07) is 1.97. The second-order valence-corrected chi connectivity index (χ2v) is 4.17. The van der Waals surface area contributed by atoms with Gasteiger partial charge in [0.25, 0.3) is 0 Å². The standard InChI is InChI=1S/C8H7ClN2OS/c1-4-3-5-6(13-4)7(12-2)11-8(9)10-5/h3H,1-2H3. The van der Waals surface area contributed by atoms with Crippen LogP contribution in [0.1, 0.15) is 4.88 Å². The van der Waals surface area contributed by atoms with Crippen LogP contribution in [0.3, 0.4) is 0 Å². The molecule has 0 atom stereocenters. The van der Waals surface area contributed by atoms with Crippen molar-refractivity contribution >= 4 is 33.2 Å². The fraction of sp³-hybridized carbons (Fsp3) is 0.250. The Morgan fingerprint density at radius 1 is 1.46 bits per heavy atom. The second-order valence-electron chi connectivity index (χ2n) is 2.57. The summed E-state index contributed by atoms with van der Waals surface area (Å²) in [4.78, 5) is 9.24. The number of ether oxygens (including phenoxy) is 1. The molecule has 0 saturated heterocycles. The molecular weight excluding hydrogens is 208 g/mol. The third-order valence-corrected chi connectivity index (χ3v) is 2.83. The molecular formula is C8H7ClN2OS. The fourth-order valence-corrected chi connectivity index (χ4v) is 2.22. The van der Waals surface area contributed by atoms with Gasteiger partial charge in [-0.15, -0.1) is 11.3 Å². The first kappa shape index (κ1) is 8.72. The van der Waals surface area contributed by atoms with Gasteiger partial charge in [-0.2, -0.15) is 4.98 Å². The number of nitrogens with zero attached hydrogens (tertiary/aromatic N) is 2. The van der Waals surface area contributed by atoms with Crippen LogP contribution in [0.4, 0.5) is 0 Å². The first-order chi connectivity index (χ1) is 6.20. The molecule has 0 fully saturated rings. The van der Waals surface area contributed by atoms with Crippen LogP contribution >= 0.6 is 22.9 Å². The van der Waals surface area contributed by atoms with Crippen LogP contribution in [0.15, 0.2) is 6.07 Å². The first-order valence-corrected chi connectivity index (χ1v) is 4.88. The van der Waals surface area contributed by atoms with E-state index in [1.165, 1.54) is 4.88 Å². The van der Waals surface area contributed by atoms with E-state index in [-0.39, 0.29) is 5.28 Å². The van der Waals surface area contributed by atoms with Gasteiger partial charge in [0.05, 0.1) is 12.6 Å². The molecule has 13 heavy (non-hydrogen) atoms. The highest BCUT2D eigenvalue weighted by atomic mass is 35.5. The van der Waals surface area contributed by atoms with Crippen molar-refractivity contribution in [3.8, 4) is 5.88 Å². The van der Waals surface area contributed by atoms with Crippen LogP contribution in [-0.4, -0.2) is 17.1 Å². The van der Waals surface area contributed by atoms with E-state index in [1.807, 2.05) is 13.0 Å². The highest BCUT2D eigenvalue weighted by Gasteiger charge is 2.09. The predicted molar refractivity (Wildman–Crippen MR) is 53.7 cm³/mol. The number of aromatic nitrogens is 2. The maximum atomic E-state index is 5.71. The minimum Gasteiger partial charge on any atom is -0.480 e. The zero-order valence-electron chi connectivity index (χ0n) is 7.17. The molecule has 2 heterocycles. The van der Waals surface area contributed by atoms with Crippen molar-refractivity contribution in [3.05, 3.63) is 16.2 Å². The van der Waals surface area contributed by atoms with E-state index in [1.54, 1.807) is 18.4 Å². The van der Waals surface area contributed by atoms with Crippen LogP contribution in [0, 0.1) is 6.92 Å². The van der Waals surface area contributed by atoms with E-state index < -0.39 is 0 Å². The van der Waals surface area contributed by atoms with Crippen LogP contribution in [0.5, 0.6) is 5.88 Å². The van der Waals surface area contributed by atoms with E-state index in [4.69, 9.17) is 16.3 Å². The third-order valence-electron chi connectivity index (χ3n) is 1.63. The number of aryl methyl sites for hydroxylation is 1. The van der Waals surface area contributed by atoms with Crippen molar-refractivity contribution in [2.45, 2.75) is 6.92 Å². The minimum absolute atomic E-state index is 0.224. The summed E-state index contributed by atoms with van der Waals surface area (Å²) in [6.07, 6.45) is 0. The zero-order valence-corrected chi connectivity index (χ0v) is 8.74. The summed E-state index contributed by atoms with van der Waals surface area (Å²) in [5, 5.41) is 0.224. The summed E-state index contributed by atoms with van der Waals surface area (Å²) in [5.74, 6) is 0.549. The zero-order chi connectivity index (χ0) is 9.42. The molecule has 5 heteroatoms. The SMILES string of the molecule is COc1nc(Cl)nc2cc(C)sc12. The molecule has 0 unspecified atom stereocenters. The Morgan fingerprint density at radius 2 is 2.23 bits per heavy atom. The van der Waals surface area contributed by atoms with Gasteiger partial charge in [0.1, 0.15) is 4.70 Å². The summed E-state index contributed by atoms with van der Waals surface area (Å²) < 4.78 is 6.04. The Balaban J connectivity index is 2.80. The summed E-state index contributed by atoms with van der Waals surface area (Å²) >= 11 is 7.32. The van der Waals surface area contributed by atoms with Gasteiger partial charge in [0.15, 0.2) is 0 Å². The maximum absolute atomic E-state index is 5.71. The first-order valence-electron chi connectivity index (χ1n) is 3.68. The molecule has 0 radical (unpaired) electrons. The van der Waals surface area contributed by atoms with E-state index >= 15 is 0 Å². The van der Waals surface area contributed by atoms with E-state index in [9.17, 15) is 0 Å². The number of hydrogen-bond acceptors (Lipinski definition) is 4. The molecule has 3 nitrogen and oxygen atoms in total. The van der Waals surface area contributed by atoms with Gasteiger partial charge in [0, 0.05) is 4.88 Å². The molecule has 0 saturated carbocycles. The number of thiophene rings is 1. The van der Waals surface area contributed by atoms with Gasteiger partial charge < -0.3 is 4.74 Å². The second kappa shape index (κ2) is 3.12. The average molecular weight is 215 g/mol. The van der Waals surface area contributed by atoms with Crippen molar-refractivity contribution in [2.75, 3.05) is 7.11 Å². The lowest BCUT2D eigenvalue weighted by Gasteiger charge is -1.98. The van der Waals surface area contributed by atoms with Crippen molar-refractivity contribution < 1.29 is 4.74 Å². The minimum atomic E-state index is 0.224. The molecule has 0 aliphatic rings. The molecule has 0 amide bonds. The lowest BCUT2D eigenvalue weighted by Crippen LogP contribution is -1.89. The molecule has 68 valence electrons. The van der Waals surface area contributed by atoms with Crippen LogP contribution in [0.2, 0.25) is 5.28 Å². The molecule has 0 aliphatic heterocycles. The molecule has 0 bridgehead atoms. The normalized spacial score (nSPS) is 10.7. The molecule has 0 N–H and O–H groups in total. The van der Waals surface area contributed by atoms with E-state index in [0.717, 1.165) is 10.2 Å². The Hall–Kier alpha value is -0.870. The van der Waals surface area contributed by atoms with Crippen molar-refractivity contribution in [1.29, 1.82) is 0 Å². The quantitative estimate of drug-likeness (QED) is 0.685. The molecule has 2 rings (SSSR count). The number of fused-ring (bicyclic) bond motifs is 1. The lowest BCUT2D eigenvalue weighted by atomic mass is 10.4. The molecule has 2 aromatic rings.